The third kappa shape index (κ3) is 4.74. The van der Waals surface area contributed by atoms with E-state index in [1.807, 2.05) is 18.2 Å². The fourth-order valence-electron chi connectivity index (χ4n) is 4.64. The van der Waals surface area contributed by atoms with Crippen LogP contribution in [0.1, 0.15) is 23.0 Å². The van der Waals surface area contributed by atoms with Gasteiger partial charge < -0.3 is 34.3 Å². The van der Waals surface area contributed by atoms with Crippen LogP contribution in [-0.2, 0) is 9.53 Å². The molecule has 5 rings (SSSR count). The van der Waals surface area contributed by atoms with E-state index in [9.17, 15) is 9.59 Å². The molecule has 1 fully saturated rings. The number of piperazine rings is 1. The number of hydrogen-bond acceptors (Lipinski definition) is 6. The van der Waals surface area contributed by atoms with Crippen molar-refractivity contribution in [3.63, 3.8) is 0 Å². The monoisotopic (exact) mass is 499 g/mol. The quantitative estimate of drug-likeness (QED) is 0.451. The molecule has 0 aliphatic carbocycles. The van der Waals surface area contributed by atoms with Crippen LogP contribution < -0.4 is 24.6 Å². The van der Waals surface area contributed by atoms with Crippen LogP contribution in [-0.4, -0.2) is 63.0 Å². The number of hydrogen-bond donors (Lipinski definition) is 3. The Kier molecular flexibility index (Phi) is 6.44. The largest absolute Gasteiger partial charge is 0.461 e. The highest BCUT2D eigenvalue weighted by Crippen LogP contribution is 2.40. The summed E-state index contributed by atoms with van der Waals surface area (Å²) in [7, 11) is 0. The molecule has 2 aliphatic heterocycles. The van der Waals surface area contributed by atoms with Gasteiger partial charge in [-0.15, -0.1) is 0 Å². The van der Waals surface area contributed by atoms with Gasteiger partial charge in [0, 0.05) is 22.2 Å². The molecule has 2 aromatic carbocycles. The molecule has 9 nitrogen and oxygen atoms in total. The van der Waals surface area contributed by atoms with Gasteiger partial charge in [-0.25, -0.2) is 4.79 Å². The molecular formula is C25H28ClN4O5+. The number of H-pyrrole nitrogens is 1. The minimum atomic E-state index is -0.529. The molecule has 0 bridgehead atoms. The van der Waals surface area contributed by atoms with Crippen molar-refractivity contribution in [2.45, 2.75) is 13.8 Å². The van der Waals surface area contributed by atoms with E-state index in [4.69, 9.17) is 25.8 Å². The number of esters is 1. The number of aromatic amines is 1. The van der Waals surface area contributed by atoms with E-state index in [0.29, 0.717) is 34.6 Å². The van der Waals surface area contributed by atoms with Crippen molar-refractivity contribution in [1.82, 2.24) is 4.98 Å². The summed E-state index contributed by atoms with van der Waals surface area (Å²) in [5, 5.41) is 4.34. The van der Waals surface area contributed by atoms with E-state index in [-0.39, 0.29) is 25.0 Å². The van der Waals surface area contributed by atoms with Gasteiger partial charge in [-0.1, -0.05) is 17.7 Å². The minimum Gasteiger partial charge on any atom is -0.461 e. The van der Waals surface area contributed by atoms with Crippen LogP contribution in [0.4, 0.5) is 11.4 Å². The molecule has 0 saturated carbocycles. The van der Waals surface area contributed by atoms with Crippen molar-refractivity contribution >= 4 is 45.8 Å². The summed E-state index contributed by atoms with van der Waals surface area (Å²) in [6.07, 6.45) is 0. The summed E-state index contributed by atoms with van der Waals surface area (Å²) in [5.74, 6) is 0.458. The number of amides is 1. The highest BCUT2D eigenvalue weighted by atomic mass is 35.5. The Balaban J connectivity index is 1.29. The highest BCUT2D eigenvalue weighted by molar-refractivity contribution is 6.30. The summed E-state index contributed by atoms with van der Waals surface area (Å²) in [4.78, 5) is 32.2. The van der Waals surface area contributed by atoms with Gasteiger partial charge in [-0.05, 0) is 37.6 Å². The molecule has 0 unspecified atom stereocenters. The second-order valence-corrected chi connectivity index (χ2v) is 9.18. The number of benzene rings is 2. The van der Waals surface area contributed by atoms with Crippen molar-refractivity contribution < 1.29 is 28.7 Å². The topological polar surface area (TPSA) is 97.3 Å². The number of aryl methyl sites for hydroxylation is 1. The number of carbonyl (C=O) groups excluding carboxylic acids is 2. The maximum absolute atomic E-state index is 13.1. The molecule has 1 saturated heterocycles. The molecule has 3 N–H and O–H groups in total. The van der Waals surface area contributed by atoms with Crippen molar-refractivity contribution in [2.75, 3.05) is 56.3 Å². The number of aromatic nitrogens is 1. The van der Waals surface area contributed by atoms with Crippen LogP contribution in [0.15, 0.2) is 30.3 Å². The number of carbonyl (C=O) groups is 2. The fraction of sp³-hybridized carbons (Fsp3) is 0.360. The molecule has 184 valence electrons. The van der Waals surface area contributed by atoms with Crippen LogP contribution in [0, 0.1) is 6.92 Å². The third-order valence-corrected chi connectivity index (χ3v) is 6.66. The van der Waals surface area contributed by atoms with Gasteiger partial charge in [0.2, 0.25) is 6.79 Å². The molecule has 0 spiro atoms. The predicted molar refractivity (Wildman–Crippen MR) is 133 cm³/mol. The summed E-state index contributed by atoms with van der Waals surface area (Å²) in [6, 6.07) is 9.45. The maximum atomic E-state index is 13.1. The van der Waals surface area contributed by atoms with Crippen molar-refractivity contribution in [2.24, 2.45) is 0 Å². The van der Waals surface area contributed by atoms with E-state index in [2.05, 4.69) is 22.1 Å². The number of fused-ring (bicyclic) bond motifs is 2. The normalized spacial score (nSPS) is 15.5. The van der Waals surface area contributed by atoms with E-state index >= 15 is 0 Å². The molecule has 0 atom stereocenters. The van der Waals surface area contributed by atoms with E-state index in [0.717, 1.165) is 36.9 Å². The zero-order valence-electron chi connectivity index (χ0n) is 19.7. The van der Waals surface area contributed by atoms with Gasteiger partial charge in [-0.2, -0.15) is 0 Å². The average molecular weight is 500 g/mol. The smallest absolute Gasteiger partial charge is 0.356 e. The maximum Gasteiger partial charge on any atom is 0.356 e. The molecule has 1 aromatic heterocycles. The average Bonchev–Trinajstić information content (AvgIpc) is 3.44. The highest BCUT2D eigenvalue weighted by Gasteiger charge is 2.27. The Labute approximate surface area is 207 Å². The number of anilines is 2. The summed E-state index contributed by atoms with van der Waals surface area (Å²) in [5.41, 5.74) is 3.58. The number of rotatable bonds is 6. The van der Waals surface area contributed by atoms with E-state index < -0.39 is 5.97 Å². The second kappa shape index (κ2) is 9.67. The number of quaternary nitrogens is 1. The summed E-state index contributed by atoms with van der Waals surface area (Å²) >= 11 is 6.19. The Morgan fingerprint density at radius 2 is 1.91 bits per heavy atom. The molecule has 0 radical (unpaired) electrons. The zero-order valence-corrected chi connectivity index (χ0v) is 20.5. The third-order valence-electron chi connectivity index (χ3n) is 6.43. The van der Waals surface area contributed by atoms with Gasteiger partial charge >= 0.3 is 5.97 Å². The Morgan fingerprint density at radius 1 is 1.17 bits per heavy atom. The summed E-state index contributed by atoms with van der Waals surface area (Å²) in [6.45, 7) is 7.76. The lowest BCUT2D eigenvalue weighted by atomic mass is 10.1. The van der Waals surface area contributed by atoms with Crippen LogP contribution >= 0.6 is 11.6 Å². The molecule has 10 heteroatoms. The Bertz CT molecular complexity index is 1280. The number of nitrogens with one attached hydrogen (secondary N) is 3. The number of halogens is 1. The SMILES string of the molecule is CCOC(=O)c1[nH]c2cc3c(cc2c1NC(=O)C[NH+]1CCN(c2cc(Cl)ccc2C)CC1)OCO3. The van der Waals surface area contributed by atoms with Gasteiger partial charge in [0.05, 0.1) is 44.0 Å². The van der Waals surface area contributed by atoms with Gasteiger partial charge in [0.15, 0.2) is 18.0 Å². The number of ether oxygens (including phenoxy) is 3. The first-order chi connectivity index (χ1) is 16.9. The fourth-order valence-corrected chi connectivity index (χ4v) is 4.81. The lowest BCUT2D eigenvalue weighted by molar-refractivity contribution is -0.892. The van der Waals surface area contributed by atoms with E-state index in [1.165, 1.54) is 10.5 Å². The van der Waals surface area contributed by atoms with Gasteiger partial charge in [-0.3, -0.25) is 4.79 Å². The Morgan fingerprint density at radius 3 is 2.66 bits per heavy atom. The van der Waals surface area contributed by atoms with E-state index in [1.54, 1.807) is 19.1 Å². The first kappa shape index (κ1) is 23.3. The zero-order chi connectivity index (χ0) is 24.5. The lowest BCUT2D eigenvalue weighted by Gasteiger charge is -2.34. The van der Waals surface area contributed by atoms with Crippen LogP contribution in [0.5, 0.6) is 11.5 Å². The lowest BCUT2D eigenvalue weighted by Crippen LogP contribution is -3.15. The van der Waals surface area contributed by atoms with Crippen LogP contribution in [0.3, 0.4) is 0 Å². The van der Waals surface area contributed by atoms with Crippen molar-refractivity contribution in [3.05, 3.63) is 46.6 Å². The van der Waals surface area contributed by atoms with Crippen molar-refractivity contribution in [3.8, 4) is 11.5 Å². The standard InChI is InChI=1S/C25H27ClN4O5/c1-3-33-25(32)24-23(17-11-20-21(35-14-34-20)12-18(17)27-24)28-22(31)13-29-6-8-30(9-7-29)19-10-16(26)5-4-15(19)2/h4-5,10-12,27H,3,6-9,13-14H2,1-2H3,(H,28,31)/p+1. The van der Waals surface area contributed by atoms with Crippen LogP contribution in [0.25, 0.3) is 10.9 Å². The molecule has 35 heavy (non-hydrogen) atoms. The molecule has 1 amide bonds. The first-order valence-electron chi connectivity index (χ1n) is 11.7. The van der Waals surface area contributed by atoms with Gasteiger partial charge in [0.1, 0.15) is 5.69 Å². The van der Waals surface area contributed by atoms with Crippen molar-refractivity contribution in [1.29, 1.82) is 0 Å². The molecule has 3 heterocycles. The predicted octanol–water partition coefficient (Wildman–Crippen LogP) is 2.38. The minimum absolute atomic E-state index is 0.137. The Hall–Kier alpha value is -3.43. The summed E-state index contributed by atoms with van der Waals surface area (Å²) < 4.78 is 16.1. The molecule has 2 aliphatic rings. The first-order valence-corrected chi connectivity index (χ1v) is 12.1. The molecule has 3 aromatic rings. The van der Waals surface area contributed by atoms with Crippen LogP contribution in [0.2, 0.25) is 5.02 Å². The second-order valence-electron chi connectivity index (χ2n) is 8.74. The molecular weight excluding hydrogens is 472 g/mol. The number of nitrogens with zero attached hydrogens (tertiary/aromatic N) is 1. The van der Waals surface area contributed by atoms with Gasteiger partial charge in [0.25, 0.3) is 5.91 Å².